The predicted octanol–water partition coefficient (Wildman–Crippen LogP) is 10.4. The molecule has 6 aromatic carbocycles. The molecule has 0 saturated heterocycles. The van der Waals surface area contributed by atoms with Crippen LogP contribution in [0, 0.1) is 0 Å². The highest BCUT2D eigenvalue weighted by Gasteiger charge is 2.13. The maximum atomic E-state index is 4.89. The van der Waals surface area contributed by atoms with Crippen molar-refractivity contribution in [3.8, 4) is 67.5 Å². The van der Waals surface area contributed by atoms with Gasteiger partial charge in [-0.1, -0.05) is 146 Å². The quantitative estimate of drug-likeness (QED) is 0.194. The average Bonchev–Trinajstić information content (AvgIpc) is 3.15. The normalized spacial score (nSPS) is 11.0. The zero-order valence-electron chi connectivity index (χ0n) is 25.0. The Kier molecular flexibility index (Phi) is 7.14. The Morgan fingerprint density at radius 3 is 1.41 bits per heavy atom. The number of nitrogens with zero attached hydrogens (tertiary/aromatic N) is 4. The van der Waals surface area contributed by atoms with Crippen LogP contribution in [0.5, 0.6) is 0 Å². The molecule has 0 aliphatic rings. The highest BCUT2D eigenvalue weighted by atomic mass is 15.0. The Morgan fingerprint density at radius 2 is 0.826 bits per heavy atom. The fraction of sp³-hybridized carbons (Fsp3) is 0. The molecule has 4 heteroatoms. The fourth-order valence-corrected chi connectivity index (χ4v) is 5.84. The highest BCUT2D eigenvalue weighted by Crippen LogP contribution is 2.34. The first kappa shape index (κ1) is 27.3. The number of pyridine rings is 1. The standard InChI is InChI=1S/C42H28N4/c1-3-9-32(10-4-1)40-44-41(33-11-5-2-6-12-33)46-42(45-40)34-22-20-31(21-23-34)38-15-7-13-36-27-35(24-25-39(36)38)29-16-18-30(19-17-29)37-14-8-26-43-28-37/h1-28H. The van der Waals surface area contributed by atoms with Gasteiger partial charge in [0.1, 0.15) is 0 Å². The van der Waals surface area contributed by atoms with E-state index in [1.165, 1.54) is 27.5 Å². The van der Waals surface area contributed by atoms with Gasteiger partial charge in [0.25, 0.3) is 0 Å². The van der Waals surface area contributed by atoms with Gasteiger partial charge < -0.3 is 0 Å². The summed E-state index contributed by atoms with van der Waals surface area (Å²) in [5.41, 5.74) is 9.84. The lowest BCUT2D eigenvalue weighted by Gasteiger charge is -2.11. The summed E-state index contributed by atoms with van der Waals surface area (Å²) in [5.74, 6) is 1.96. The van der Waals surface area contributed by atoms with Crippen molar-refractivity contribution in [2.75, 3.05) is 0 Å². The van der Waals surface area contributed by atoms with E-state index in [0.29, 0.717) is 17.5 Å². The van der Waals surface area contributed by atoms with Crippen LogP contribution < -0.4 is 0 Å². The Bertz CT molecular complexity index is 2210. The molecule has 0 bridgehead atoms. The summed E-state index contributed by atoms with van der Waals surface area (Å²) >= 11 is 0. The third-order valence-corrected chi connectivity index (χ3v) is 8.25. The van der Waals surface area contributed by atoms with Crippen molar-refractivity contribution in [2.45, 2.75) is 0 Å². The zero-order valence-corrected chi connectivity index (χ0v) is 25.0. The summed E-state index contributed by atoms with van der Waals surface area (Å²) in [7, 11) is 0. The molecule has 0 fully saturated rings. The second-order valence-electron chi connectivity index (χ2n) is 11.2. The van der Waals surface area contributed by atoms with Crippen LogP contribution in [0.15, 0.2) is 170 Å². The first-order valence-corrected chi connectivity index (χ1v) is 15.3. The molecule has 4 nitrogen and oxygen atoms in total. The third-order valence-electron chi connectivity index (χ3n) is 8.25. The summed E-state index contributed by atoms with van der Waals surface area (Å²) in [6.45, 7) is 0. The molecule has 0 atom stereocenters. The number of hydrogen-bond acceptors (Lipinski definition) is 4. The lowest BCUT2D eigenvalue weighted by atomic mass is 9.94. The molecule has 0 saturated carbocycles. The molecule has 8 aromatic rings. The molecule has 0 aliphatic heterocycles. The topological polar surface area (TPSA) is 51.6 Å². The molecule has 0 spiro atoms. The lowest BCUT2D eigenvalue weighted by molar-refractivity contribution is 1.07. The van der Waals surface area contributed by atoms with Crippen LogP contribution in [0.25, 0.3) is 78.3 Å². The Balaban J connectivity index is 1.12. The van der Waals surface area contributed by atoms with E-state index in [0.717, 1.165) is 33.4 Å². The van der Waals surface area contributed by atoms with E-state index in [2.05, 4.69) is 96.0 Å². The maximum absolute atomic E-state index is 4.89. The molecule has 2 heterocycles. The Labute approximate surface area is 267 Å². The molecule has 2 aromatic heterocycles. The smallest absolute Gasteiger partial charge is 0.164 e. The summed E-state index contributed by atoms with van der Waals surface area (Å²) in [6, 6.07) is 54.6. The largest absolute Gasteiger partial charge is 0.264 e. The van der Waals surface area contributed by atoms with Gasteiger partial charge in [0.05, 0.1) is 0 Å². The van der Waals surface area contributed by atoms with Gasteiger partial charge in [0.15, 0.2) is 17.5 Å². The molecular weight excluding hydrogens is 560 g/mol. The van der Waals surface area contributed by atoms with Gasteiger partial charge in [0, 0.05) is 29.1 Å². The molecule has 216 valence electrons. The number of rotatable bonds is 6. The van der Waals surface area contributed by atoms with Gasteiger partial charge in [-0.05, 0) is 56.3 Å². The van der Waals surface area contributed by atoms with Crippen molar-refractivity contribution in [3.63, 3.8) is 0 Å². The summed E-state index contributed by atoms with van der Waals surface area (Å²) in [6.07, 6.45) is 3.70. The minimum atomic E-state index is 0.649. The molecule has 0 aliphatic carbocycles. The van der Waals surface area contributed by atoms with Gasteiger partial charge in [-0.3, -0.25) is 4.98 Å². The van der Waals surface area contributed by atoms with Crippen molar-refractivity contribution >= 4 is 10.8 Å². The van der Waals surface area contributed by atoms with E-state index in [4.69, 9.17) is 15.0 Å². The van der Waals surface area contributed by atoms with Crippen molar-refractivity contribution in [1.82, 2.24) is 19.9 Å². The van der Waals surface area contributed by atoms with Crippen LogP contribution in [0.1, 0.15) is 0 Å². The Morgan fingerprint density at radius 1 is 0.326 bits per heavy atom. The molecule has 8 rings (SSSR count). The summed E-state index contributed by atoms with van der Waals surface area (Å²) in [4.78, 5) is 18.8. The van der Waals surface area contributed by atoms with Crippen LogP contribution in [-0.2, 0) is 0 Å². The number of hydrogen-bond donors (Lipinski definition) is 0. The molecule has 0 radical (unpaired) electrons. The maximum Gasteiger partial charge on any atom is 0.164 e. The van der Waals surface area contributed by atoms with Crippen molar-refractivity contribution in [2.24, 2.45) is 0 Å². The van der Waals surface area contributed by atoms with Gasteiger partial charge in [0.2, 0.25) is 0 Å². The second-order valence-corrected chi connectivity index (χ2v) is 11.2. The van der Waals surface area contributed by atoms with Crippen molar-refractivity contribution in [3.05, 3.63) is 170 Å². The average molecular weight is 589 g/mol. The van der Waals surface area contributed by atoms with Crippen LogP contribution in [-0.4, -0.2) is 19.9 Å². The summed E-state index contributed by atoms with van der Waals surface area (Å²) < 4.78 is 0. The van der Waals surface area contributed by atoms with E-state index in [1.807, 2.05) is 72.9 Å². The number of fused-ring (bicyclic) bond motifs is 1. The van der Waals surface area contributed by atoms with E-state index >= 15 is 0 Å². The zero-order chi connectivity index (χ0) is 30.7. The van der Waals surface area contributed by atoms with Crippen LogP contribution in [0.2, 0.25) is 0 Å². The van der Waals surface area contributed by atoms with E-state index < -0.39 is 0 Å². The predicted molar refractivity (Wildman–Crippen MR) is 188 cm³/mol. The van der Waals surface area contributed by atoms with Crippen LogP contribution in [0.3, 0.4) is 0 Å². The Hall–Kier alpha value is -6.26. The number of aromatic nitrogens is 4. The van der Waals surface area contributed by atoms with Crippen molar-refractivity contribution in [1.29, 1.82) is 0 Å². The molecule has 0 unspecified atom stereocenters. The van der Waals surface area contributed by atoms with E-state index in [1.54, 1.807) is 6.20 Å². The van der Waals surface area contributed by atoms with E-state index in [9.17, 15) is 0 Å². The first-order valence-electron chi connectivity index (χ1n) is 15.3. The molecule has 46 heavy (non-hydrogen) atoms. The third kappa shape index (κ3) is 5.44. The number of benzene rings is 6. The van der Waals surface area contributed by atoms with Crippen molar-refractivity contribution < 1.29 is 0 Å². The van der Waals surface area contributed by atoms with Gasteiger partial charge >= 0.3 is 0 Å². The second kappa shape index (κ2) is 12.0. The minimum absolute atomic E-state index is 0.649. The molecule has 0 N–H and O–H groups in total. The molecular formula is C42H28N4. The van der Waals surface area contributed by atoms with E-state index in [-0.39, 0.29) is 0 Å². The highest BCUT2D eigenvalue weighted by molar-refractivity contribution is 5.99. The first-order chi connectivity index (χ1) is 22.8. The minimum Gasteiger partial charge on any atom is -0.264 e. The molecule has 0 amide bonds. The monoisotopic (exact) mass is 588 g/mol. The SMILES string of the molecule is c1ccc(-c2nc(-c3ccccc3)nc(-c3ccc(-c4cccc5cc(-c6ccc(-c7cccnc7)cc6)ccc45)cc3)n2)cc1. The fourth-order valence-electron chi connectivity index (χ4n) is 5.84. The van der Waals surface area contributed by atoms with Gasteiger partial charge in [-0.25, -0.2) is 15.0 Å². The summed E-state index contributed by atoms with van der Waals surface area (Å²) in [5, 5.41) is 2.41. The van der Waals surface area contributed by atoms with Gasteiger partial charge in [-0.2, -0.15) is 0 Å². The lowest BCUT2D eigenvalue weighted by Crippen LogP contribution is -2.00. The van der Waals surface area contributed by atoms with Crippen LogP contribution in [0.4, 0.5) is 0 Å². The van der Waals surface area contributed by atoms with Crippen LogP contribution >= 0.6 is 0 Å². The van der Waals surface area contributed by atoms with Gasteiger partial charge in [-0.15, -0.1) is 0 Å².